The van der Waals surface area contributed by atoms with Crippen LogP contribution in [0.2, 0.25) is 5.02 Å². The van der Waals surface area contributed by atoms with Gasteiger partial charge >= 0.3 is 5.97 Å². The van der Waals surface area contributed by atoms with Gasteiger partial charge in [-0.3, -0.25) is 9.59 Å². The lowest BCUT2D eigenvalue weighted by molar-refractivity contribution is 0.0591. The molecule has 1 aromatic heterocycles. The Balaban J connectivity index is 1.78. The second-order valence-electron chi connectivity index (χ2n) is 5.92. The molecule has 0 unspecified atom stereocenters. The van der Waals surface area contributed by atoms with Gasteiger partial charge in [0.2, 0.25) is 0 Å². The molecule has 0 radical (unpaired) electrons. The Morgan fingerprint density at radius 3 is 2.50 bits per heavy atom. The van der Waals surface area contributed by atoms with Crippen molar-refractivity contribution in [2.75, 3.05) is 24.9 Å². The maximum Gasteiger partial charge on any atom is 0.359 e. The summed E-state index contributed by atoms with van der Waals surface area (Å²) in [5.41, 5.74) is 0.894. The monoisotopic (exact) mass is 428 g/mol. The average Bonchev–Trinajstić information content (AvgIpc) is 3.24. The van der Waals surface area contributed by atoms with Gasteiger partial charge in [-0.05, 0) is 24.3 Å². The van der Waals surface area contributed by atoms with Gasteiger partial charge in [0.05, 0.1) is 36.8 Å². The molecule has 3 rings (SSSR count). The maximum absolute atomic E-state index is 12.5. The molecule has 0 spiro atoms. The van der Waals surface area contributed by atoms with Gasteiger partial charge in [0.25, 0.3) is 11.8 Å². The third kappa shape index (κ3) is 4.41. The highest BCUT2D eigenvalue weighted by Gasteiger charge is 2.21. The first-order valence-electron chi connectivity index (χ1n) is 8.61. The molecule has 2 aromatic carbocycles. The summed E-state index contributed by atoms with van der Waals surface area (Å²) in [4.78, 5) is 43.0. The van der Waals surface area contributed by atoms with Crippen LogP contribution in [-0.2, 0) is 4.74 Å². The number of imidazole rings is 1. The molecule has 0 atom stereocenters. The van der Waals surface area contributed by atoms with Crippen molar-refractivity contribution in [1.82, 2.24) is 9.97 Å². The Bertz CT molecular complexity index is 1110. The summed E-state index contributed by atoms with van der Waals surface area (Å²) < 4.78 is 9.91. The number of rotatable bonds is 6. The largest absolute Gasteiger partial charge is 0.494 e. The topological polar surface area (TPSA) is 122 Å². The fourth-order valence-corrected chi connectivity index (χ4v) is 2.84. The first-order valence-corrected chi connectivity index (χ1v) is 8.99. The Morgan fingerprint density at radius 1 is 1.03 bits per heavy atom. The number of aromatic amines is 1. The van der Waals surface area contributed by atoms with Crippen LogP contribution in [0.4, 0.5) is 11.4 Å². The molecule has 0 saturated carbocycles. The van der Waals surface area contributed by atoms with E-state index in [1.807, 2.05) is 0 Å². The molecule has 0 saturated heterocycles. The van der Waals surface area contributed by atoms with E-state index in [4.69, 9.17) is 16.3 Å². The van der Waals surface area contributed by atoms with E-state index in [0.29, 0.717) is 27.7 Å². The van der Waals surface area contributed by atoms with Gasteiger partial charge in [0, 0.05) is 11.8 Å². The van der Waals surface area contributed by atoms with Gasteiger partial charge in [-0.1, -0.05) is 23.7 Å². The summed E-state index contributed by atoms with van der Waals surface area (Å²) in [6.45, 7) is 0. The predicted octanol–water partition coefficient (Wildman–Crippen LogP) is 3.36. The van der Waals surface area contributed by atoms with Crippen LogP contribution < -0.4 is 15.4 Å². The van der Waals surface area contributed by atoms with Gasteiger partial charge in [-0.25, -0.2) is 9.78 Å². The summed E-state index contributed by atoms with van der Waals surface area (Å²) in [7, 11) is 2.62. The number of nitrogens with zero attached hydrogens (tertiary/aromatic N) is 1. The normalized spacial score (nSPS) is 10.2. The molecule has 9 nitrogen and oxygen atoms in total. The number of H-pyrrole nitrogens is 1. The summed E-state index contributed by atoms with van der Waals surface area (Å²) in [5.74, 6) is -1.43. The van der Waals surface area contributed by atoms with Crippen molar-refractivity contribution >= 4 is 40.8 Å². The first-order chi connectivity index (χ1) is 14.4. The molecule has 154 valence electrons. The zero-order valence-electron chi connectivity index (χ0n) is 16.0. The van der Waals surface area contributed by atoms with E-state index in [-0.39, 0.29) is 11.4 Å². The summed E-state index contributed by atoms with van der Waals surface area (Å²) in [5, 5.41) is 5.67. The van der Waals surface area contributed by atoms with Crippen LogP contribution in [0.3, 0.4) is 0 Å². The highest BCUT2D eigenvalue weighted by molar-refractivity contribution is 6.34. The fraction of sp³-hybridized carbons (Fsp3) is 0.100. The molecular weight excluding hydrogens is 412 g/mol. The van der Waals surface area contributed by atoms with Crippen molar-refractivity contribution < 1.29 is 23.9 Å². The minimum Gasteiger partial charge on any atom is -0.494 e. The van der Waals surface area contributed by atoms with Crippen LogP contribution in [0.15, 0.2) is 48.8 Å². The van der Waals surface area contributed by atoms with Gasteiger partial charge < -0.3 is 25.1 Å². The Morgan fingerprint density at radius 2 is 1.80 bits per heavy atom. The van der Waals surface area contributed by atoms with Crippen LogP contribution >= 0.6 is 11.6 Å². The van der Waals surface area contributed by atoms with Crippen molar-refractivity contribution in [3.8, 4) is 5.75 Å². The average molecular weight is 429 g/mol. The van der Waals surface area contributed by atoms with E-state index in [1.54, 1.807) is 36.4 Å². The van der Waals surface area contributed by atoms with E-state index in [9.17, 15) is 14.4 Å². The van der Waals surface area contributed by atoms with Crippen LogP contribution in [-0.4, -0.2) is 42.0 Å². The molecule has 0 aliphatic rings. The Kier molecular flexibility index (Phi) is 6.33. The predicted molar refractivity (Wildman–Crippen MR) is 110 cm³/mol. The molecular formula is C20H17ClN4O5. The zero-order chi connectivity index (χ0) is 21.7. The van der Waals surface area contributed by atoms with Crippen LogP contribution in [0.25, 0.3) is 0 Å². The number of hydrogen-bond acceptors (Lipinski definition) is 6. The van der Waals surface area contributed by atoms with Crippen molar-refractivity contribution in [3.63, 3.8) is 0 Å². The standard InChI is InChI=1S/C20H17ClN4O5/c1-29-15-9-11(24-19(27)16-17(20(28)30-2)23-10-22-16)7-8-14(15)25-18(26)12-5-3-4-6-13(12)21/h3-10H,1-2H3,(H,22,23)(H,24,27)(H,25,26). The van der Waals surface area contributed by atoms with E-state index in [1.165, 1.54) is 26.6 Å². The van der Waals surface area contributed by atoms with Crippen LogP contribution in [0.5, 0.6) is 5.75 Å². The lowest BCUT2D eigenvalue weighted by Crippen LogP contribution is -2.17. The number of amides is 2. The number of esters is 1. The second-order valence-corrected chi connectivity index (χ2v) is 6.33. The quantitative estimate of drug-likeness (QED) is 0.517. The van der Waals surface area contributed by atoms with Gasteiger partial charge in [0.1, 0.15) is 11.4 Å². The number of ether oxygens (including phenoxy) is 2. The highest BCUT2D eigenvalue weighted by atomic mass is 35.5. The third-order valence-corrected chi connectivity index (χ3v) is 4.40. The third-order valence-electron chi connectivity index (χ3n) is 4.07. The van der Waals surface area contributed by atoms with Crippen molar-refractivity contribution in [3.05, 3.63) is 70.8 Å². The van der Waals surface area contributed by atoms with E-state index >= 15 is 0 Å². The van der Waals surface area contributed by atoms with Crippen LogP contribution in [0, 0.1) is 0 Å². The maximum atomic E-state index is 12.5. The van der Waals surface area contributed by atoms with E-state index < -0.39 is 17.8 Å². The number of carbonyl (C=O) groups is 3. The minimum atomic E-state index is -0.739. The first kappa shape index (κ1) is 20.9. The Labute approximate surface area is 176 Å². The molecule has 3 aromatic rings. The number of aromatic nitrogens is 2. The van der Waals surface area contributed by atoms with Crippen molar-refractivity contribution in [2.45, 2.75) is 0 Å². The highest BCUT2D eigenvalue weighted by Crippen LogP contribution is 2.29. The van der Waals surface area contributed by atoms with Crippen molar-refractivity contribution in [1.29, 1.82) is 0 Å². The molecule has 3 N–H and O–H groups in total. The molecule has 0 bridgehead atoms. The summed E-state index contributed by atoms with van der Waals surface area (Å²) in [6.07, 6.45) is 1.22. The number of carbonyl (C=O) groups excluding carboxylic acids is 3. The summed E-state index contributed by atoms with van der Waals surface area (Å²) >= 11 is 6.06. The molecule has 0 aliphatic carbocycles. The van der Waals surface area contributed by atoms with E-state index in [2.05, 4.69) is 25.3 Å². The summed E-state index contributed by atoms with van der Waals surface area (Å²) in [6, 6.07) is 11.3. The molecule has 0 fully saturated rings. The molecule has 0 aliphatic heterocycles. The molecule has 1 heterocycles. The number of methoxy groups -OCH3 is 2. The van der Waals surface area contributed by atoms with E-state index in [0.717, 1.165) is 0 Å². The SMILES string of the molecule is COC(=O)c1nc[nH]c1C(=O)Nc1ccc(NC(=O)c2ccccc2Cl)c(OC)c1. The van der Waals surface area contributed by atoms with Gasteiger partial charge in [-0.15, -0.1) is 0 Å². The number of hydrogen-bond donors (Lipinski definition) is 3. The number of halogens is 1. The van der Waals surface area contributed by atoms with Crippen molar-refractivity contribution in [2.24, 2.45) is 0 Å². The molecule has 10 heteroatoms. The van der Waals surface area contributed by atoms with Gasteiger partial charge in [-0.2, -0.15) is 0 Å². The smallest absolute Gasteiger partial charge is 0.359 e. The lowest BCUT2D eigenvalue weighted by Gasteiger charge is -2.13. The second kappa shape index (κ2) is 9.10. The lowest BCUT2D eigenvalue weighted by atomic mass is 10.2. The number of nitrogens with one attached hydrogen (secondary N) is 3. The fourth-order valence-electron chi connectivity index (χ4n) is 2.62. The minimum absolute atomic E-state index is 0.0445. The van der Waals surface area contributed by atoms with Gasteiger partial charge in [0.15, 0.2) is 5.69 Å². The Hall–Kier alpha value is -3.85. The molecule has 2 amide bonds. The molecule has 30 heavy (non-hydrogen) atoms. The zero-order valence-corrected chi connectivity index (χ0v) is 16.7. The van der Waals surface area contributed by atoms with Crippen LogP contribution in [0.1, 0.15) is 31.3 Å². The number of benzene rings is 2. The number of anilines is 2.